The van der Waals surface area contributed by atoms with Crippen LogP contribution in [0.25, 0.3) is 0 Å². The number of methoxy groups -OCH3 is 1. The average Bonchev–Trinajstić information content (AvgIpc) is 3.51. The summed E-state index contributed by atoms with van der Waals surface area (Å²) in [5.41, 5.74) is 2.79. The van der Waals surface area contributed by atoms with Crippen molar-refractivity contribution >= 4 is 17.3 Å². The summed E-state index contributed by atoms with van der Waals surface area (Å²) in [7, 11) is 1.64. The maximum Gasteiger partial charge on any atom is 0.263 e. The minimum Gasteiger partial charge on any atom is -0.383 e. The largest absolute Gasteiger partial charge is 0.383 e. The van der Waals surface area contributed by atoms with Crippen LogP contribution in [0.2, 0.25) is 0 Å². The van der Waals surface area contributed by atoms with Crippen molar-refractivity contribution < 1.29 is 9.53 Å². The maximum atomic E-state index is 13.3. The molecule has 27 heavy (non-hydrogen) atoms. The van der Waals surface area contributed by atoms with E-state index in [4.69, 9.17) is 4.74 Å². The van der Waals surface area contributed by atoms with Gasteiger partial charge in [0.25, 0.3) is 5.91 Å². The maximum absolute atomic E-state index is 13.3. The van der Waals surface area contributed by atoms with Gasteiger partial charge in [0.1, 0.15) is 5.56 Å². The number of carbonyl (C=O) groups is 1. The first-order chi connectivity index (χ1) is 13.1. The number of hydrogen-bond acceptors (Lipinski definition) is 4. The molecule has 4 rings (SSSR count). The molecule has 1 aliphatic heterocycles. The molecule has 1 amide bonds. The van der Waals surface area contributed by atoms with Gasteiger partial charge >= 0.3 is 0 Å². The fourth-order valence-corrected chi connectivity index (χ4v) is 3.77. The number of anilines is 2. The van der Waals surface area contributed by atoms with Crippen LogP contribution in [0.4, 0.5) is 11.4 Å². The molecular formula is C21H25N3O3. The smallest absolute Gasteiger partial charge is 0.263 e. The lowest BCUT2D eigenvalue weighted by molar-refractivity contribution is 0.0984. The Kier molecular flexibility index (Phi) is 4.74. The molecule has 0 N–H and O–H groups in total. The van der Waals surface area contributed by atoms with E-state index in [2.05, 4.69) is 11.0 Å². The Morgan fingerprint density at radius 3 is 2.63 bits per heavy atom. The summed E-state index contributed by atoms with van der Waals surface area (Å²) in [6.07, 6.45) is 4.10. The molecule has 0 spiro atoms. The number of para-hydroxylation sites is 2. The molecule has 6 nitrogen and oxygen atoms in total. The van der Waals surface area contributed by atoms with E-state index in [1.165, 1.54) is 18.9 Å². The number of pyridine rings is 1. The van der Waals surface area contributed by atoms with Crippen LogP contribution in [-0.2, 0) is 11.3 Å². The normalized spacial score (nSPS) is 16.4. The van der Waals surface area contributed by atoms with Crippen molar-refractivity contribution in [1.29, 1.82) is 0 Å². The fraction of sp³-hybridized carbons (Fsp3) is 0.429. The Morgan fingerprint density at radius 1 is 1.19 bits per heavy atom. The molecule has 0 saturated heterocycles. The standard InChI is InChI=1S/C21H25N3O3/c1-15-13-20(25)17(14-22(15)11-12-27-2)21(26)24-10-9-23(16-7-8-16)18-5-3-4-6-19(18)24/h3-6,13-14,16H,7-12H2,1-2H3. The molecule has 1 fully saturated rings. The zero-order valence-electron chi connectivity index (χ0n) is 15.9. The number of rotatable bonds is 5. The van der Waals surface area contributed by atoms with Crippen LogP contribution < -0.4 is 15.2 Å². The summed E-state index contributed by atoms with van der Waals surface area (Å²) >= 11 is 0. The Labute approximate surface area is 159 Å². The number of carbonyl (C=O) groups excluding carboxylic acids is 1. The lowest BCUT2D eigenvalue weighted by Gasteiger charge is -2.38. The first-order valence-electron chi connectivity index (χ1n) is 9.47. The first kappa shape index (κ1) is 17.8. The highest BCUT2D eigenvalue weighted by atomic mass is 16.5. The molecule has 2 aliphatic rings. The van der Waals surface area contributed by atoms with Gasteiger partial charge in [0.15, 0.2) is 5.43 Å². The van der Waals surface area contributed by atoms with Gasteiger partial charge in [-0.3, -0.25) is 9.59 Å². The summed E-state index contributed by atoms with van der Waals surface area (Å²) in [6, 6.07) is 10.1. The third kappa shape index (κ3) is 3.37. The van der Waals surface area contributed by atoms with Crippen LogP contribution in [0.15, 0.2) is 41.3 Å². The van der Waals surface area contributed by atoms with Crippen LogP contribution in [0.5, 0.6) is 0 Å². The van der Waals surface area contributed by atoms with E-state index in [9.17, 15) is 9.59 Å². The highest BCUT2D eigenvalue weighted by molar-refractivity contribution is 6.08. The highest BCUT2D eigenvalue weighted by Crippen LogP contribution is 2.40. The lowest BCUT2D eigenvalue weighted by atomic mass is 10.1. The molecule has 0 bridgehead atoms. The van der Waals surface area contributed by atoms with Crippen molar-refractivity contribution in [2.24, 2.45) is 0 Å². The number of amides is 1. The zero-order chi connectivity index (χ0) is 19.0. The Bertz CT molecular complexity index is 917. The fourth-order valence-electron chi connectivity index (χ4n) is 3.77. The van der Waals surface area contributed by atoms with Crippen molar-refractivity contribution in [3.05, 3.63) is 58.0 Å². The third-order valence-electron chi connectivity index (χ3n) is 5.39. The second-order valence-electron chi connectivity index (χ2n) is 7.25. The summed E-state index contributed by atoms with van der Waals surface area (Å²) in [5, 5.41) is 0. The Hall–Kier alpha value is -2.60. The van der Waals surface area contributed by atoms with E-state index >= 15 is 0 Å². The van der Waals surface area contributed by atoms with Crippen LogP contribution >= 0.6 is 0 Å². The van der Waals surface area contributed by atoms with Gasteiger partial charge in [0.2, 0.25) is 0 Å². The molecular weight excluding hydrogens is 342 g/mol. The van der Waals surface area contributed by atoms with E-state index in [0.29, 0.717) is 25.7 Å². The van der Waals surface area contributed by atoms with Gasteiger partial charge in [0.05, 0.1) is 18.0 Å². The molecule has 6 heteroatoms. The van der Waals surface area contributed by atoms with Crippen molar-refractivity contribution in [2.45, 2.75) is 32.4 Å². The van der Waals surface area contributed by atoms with E-state index in [1.54, 1.807) is 18.2 Å². The quantitative estimate of drug-likeness (QED) is 0.815. The van der Waals surface area contributed by atoms with E-state index in [-0.39, 0.29) is 16.9 Å². The number of aromatic nitrogens is 1. The predicted octanol–water partition coefficient (Wildman–Crippen LogP) is 2.43. The molecule has 1 aromatic heterocycles. The number of hydrogen-bond donors (Lipinski definition) is 0. The second kappa shape index (κ2) is 7.19. The summed E-state index contributed by atoms with van der Waals surface area (Å²) in [4.78, 5) is 30.0. The van der Waals surface area contributed by atoms with Crippen molar-refractivity contribution in [2.75, 3.05) is 36.6 Å². The van der Waals surface area contributed by atoms with Crippen LogP contribution in [0.1, 0.15) is 28.9 Å². The molecule has 2 aromatic rings. The molecule has 1 saturated carbocycles. The number of fused-ring (bicyclic) bond motifs is 1. The molecule has 0 radical (unpaired) electrons. The zero-order valence-corrected chi connectivity index (χ0v) is 15.9. The number of ether oxygens (including phenoxy) is 1. The minimum absolute atomic E-state index is 0.214. The van der Waals surface area contributed by atoms with Gasteiger partial charge < -0.3 is 19.1 Å². The van der Waals surface area contributed by atoms with Gasteiger partial charge in [-0.2, -0.15) is 0 Å². The van der Waals surface area contributed by atoms with E-state index in [1.807, 2.05) is 29.7 Å². The number of benzene rings is 1. The van der Waals surface area contributed by atoms with Gasteiger partial charge in [-0.05, 0) is 31.9 Å². The molecule has 0 unspecified atom stereocenters. The minimum atomic E-state index is -0.228. The van der Waals surface area contributed by atoms with Crippen molar-refractivity contribution in [3.8, 4) is 0 Å². The van der Waals surface area contributed by atoms with Crippen molar-refractivity contribution in [1.82, 2.24) is 4.57 Å². The van der Waals surface area contributed by atoms with Crippen LogP contribution in [0, 0.1) is 6.92 Å². The monoisotopic (exact) mass is 367 g/mol. The summed E-state index contributed by atoms with van der Waals surface area (Å²) in [5.74, 6) is -0.228. The van der Waals surface area contributed by atoms with Gasteiger partial charge in [-0.25, -0.2) is 0 Å². The molecule has 1 aromatic carbocycles. The molecule has 2 heterocycles. The summed E-state index contributed by atoms with van der Waals surface area (Å²) < 4.78 is 7.04. The van der Waals surface area contributed by atoms with Gasteiger partial charge in [0, 0.05) is 50.7 Å². The van der Waals surface area contributed by atoms with E-state index in [0.717, 1.165) is 23.6 Å². The molecule has 142 valence electrons. The molecule has 1 aliphatic carbocycles. The van der Waals surface area contributed by atoms with Crippen molar-refractivity contribution in [3.63, 3.8) is 0 Å². The lowest BCUT2D eigenvalue weighted by Crippen LogP contribution is -2.46. The average molecular weight is 367 g/mol. The number of nitrogens with zero attached hydrogens (tertiary/aromatic N) is 3. The number of aryl methyl sites for hydroxylation is 1. The third-order valence-corrected chi connectivity index (χ3v) is 5.39. The highest BCUT2D eigenvalue weighted by Gasteiger charge is 2.35. The first-order valence-corrected chi connectivity index (χ1v) is 9.47. The van der Waals surface area contributed by atoms with E-state index < -0.39 is 0 Å². The topological polar surface area (TPSA) is 54.8 Å². The molecule has 0 atom stereocenters. The summed E-state index contributed by atoms with van der Waals surface area (Å²) in [6.45, 7) is 4.40. The van der Waals surface area contributed by atoms with Crippen LogP contribution in [0.3, 0.4) is 0 Å². The van der Waals surface area contributed by atoms with Crippen LogP contribution in [-0.4, -0.2) is 43.3 Å². The predicted molar refractivity (Wildman–Crippen MR) is 106 cm³/mol. The Morgan fingerprint density at radius 2 is 1.93 bits per heavy atom. The Balaban J connectivity index is 1.68. The SMILES string of the molecule is COCCn1cc(C(=O)N2CCN(C3CC3)c3ccccc32)c(=O)cc1C. The van der Waals surface area contributed by atoms with Gasteiger partial charge in [-0.1, -0.05) is 12.1 Å². The van der Waals surface area contributed by atoms with Gasteiger partial charge in [-0.15, -0.1) is 0 Å². The second-order valence-corrected chi connectivity index (χ2v) is 7.25.